The van der Waals surface area contributed by atoms with Crippen LogP contribution in [0.4, 0.5) is 0 Å². The highest BCUT2D eigenvalue weighted by Gasteiger charge is 2.22. The molecule has 0 radical (unpaired) electrons. The molecule has 0 spiro atoms. The van der Waals surface area contributed by atoms with Gasteiger partial charge in [0, 0.05) is 11.4 Å². The summed E-state index contributed by atoms with van der Waals surface area (Å²) < 4.78 is 5.02. The third kappa shape index (κ3) is 4.28. The Labute approximate surface area is 108 Å². The van der Waals surface area contributed by atoms with Gasteiger partial charge in [-0.15, -0.1) is 0 Å². The molecule has 0 bridgehead atoms. The van der Waals surface area contributed by atoms with Gasteiger partial charge in [-0.25, -0.2) is 0 Å². The molecular formula is C14H22N2O2. The Morgan fingerprint density at radius 1 is 1.50 bits per heavy atom. The normalized spacial score (nSPS) is 21.4. The predicted molar refractivity (Wildman–Crippen MR) is 72.3 cm³/mol. The van der Waals surface area contributed by atoms with Crippen molar-refractivity contribution in [1.29, 1.82) is 0 Å². The van der Waals surface area contributed by atoms with Gasteiger partial charge in [0.05, 0.1) is 12.5 Å². The van der Waals surface area contributed by atoms with Crippen LogP contribution in [-0.2, 0) is 9.53 Å². The zero-order chi connectivity index (χ0) is 13.5. The number of ether oxygens (including phenoxy) is 1. The molecule has 1 atom stereocenters. The second kappa shape index (κ2) is 6.89. The van der Waals surface area contributed by atoms with Crippen LogP contribution in [0, 0.1) is 5.92 Å². The van der Waals surface area contributed by atoms with E-state index in [1.54, 1.807) is 6.08 Å². The number of hydrogen-bond donors (Lipinski definition) is 2. The van der Waals surface area contributed by atoms with Gasteiger partial charge >= 0.3 is 5.97 Å². The van der Waals surface area contributed by atoms with Crippen LogP contribution in [0.15, 0.2) is 35.2 Å². The topological polar surface area (TPSA) is 78.3 Å². The molecule has 0 fully saturated rings. The van der Waals surface area contributed by atoms with E-state index >= 15 is 0 Å². The average Bonchev–Trinajstić information content (AvgIpc) is 2.36. The standard InChI is InChI=1S/C14H22N2O2/c1-3-18-14(17)12-7-5-11(6-8-12)13(16)9-4-10(2)15/h4-5,9,12H,3,6-8,15-16H2,1-2H3/b10-4-,13-9-. The minimum absolute atomic E-state index is 0.0201. The van der Waals surface area contributed by atoms with Crippen LogP contribution in [0.1, 0.15) is 33.1 Å². The molecule has 0 aromatic carbocycles. The first-order chi connectivity index (χ1) is 8.54. The minimum Gasteiger partial charge on any atom is -0.466 e. The number of carbonyl (C=O) groups is 1. The Morgan fingerprint density at radius 3 is 2.72 bits per heavy atom. The number of hydrogen-bond acceptors (Lipinski definition) is 4. The van der Waals surface area contributed by atoms with Crippen molar-refractivity contribution in [2.24, 2.45) is 17.4 Å². The van der Waals surface area contributed by atoms with Crippen molar-refractivity contribution in [3.63, 3.8) is 0 Å². The molecule has 0 heterocycles. The lowest BCUT2D eigenvalue weighted by Crippen LogP contribution is -2.20. The van der Waals surface area contributed by atoms with Gasteiger partial charge in [0.15, 0.2) is 0 Å². The molecule has 4 N–H and O–H groups in total. The van der Waals surface area contributed by atoms with E-state index in [9.17, 15) is 4.79 Å². The molecule has 0 aromatic rings. The highest BCUT2D eigenvalue weighted by molar-refractivity contribution is 5.73. The summed E-state index contributed by atoms with van der Waals surface area (Å²) in [7, 11) is 0. The zero-order valence-corrected chi connectivity index (χ0v) is 11.1. The molecule has 1 rings (SSSR count). The average molecular weight is 250 g/mol. The van der Waals surface area contributed by atoms with E-state index in [0.29, 0.717) is 13.0 Å². The molecule has 1 aliphatic carbocycles. The molecule has 0 saturated heterocycles. The van der Waals surface area contributed by atoms with Crippen LogP contribution in [0.2, 0.25) is 0 Å². The lowest BCUT2D eigenvalue weighted by molar-refractivity contribution is -0.148. The number of allylic oxidation sites excluding steroid dienone is 5. The first-order valence-electron chi connectivity index (χ1n) is 6.30. The van der Waals surface area contributed by atoms with E-state index in [4.69, 9.17) is 16.2 Å². The Hall–Kier alpha value is -1.71. The van der Waals surface area contributed by atoms with Gasteiger partial charge in [-0.1, -0.05) is 6.08 Å². The van der Waals surface area contributed by atoms with Gasteiger partial charge in [0.2, 0.25) is 0 Å². The van der Waals surface area contributed by atoms with Crippen molar-refractivity contribution >= 4 is 5.97 Å². The van der Waals surface area contributed by atoms with Crippen molar-refractivity contribution < 1.29 is 9.53 Å². The van der Waals surface area contributed by atoms with Gasteiger partial charge < -0.3 is 16.2 Å². The molecule has 4 heteroatoms. The second-order valence-electron chi connectivity index (χ2n) is 4.49. The van der Waals surface area contributed by atoms with E-state index in [2.05, 4.69) is 0 Å². The van der Waals surface area contributed by atoms with Gasteiger partial charge in [-0.05, 0) is 50.8 Å². The van der Waals surface area contributed by atoms with Gasteiger partial charge in [-0.2, -0.15) is 0 Å². The Kier molecular flexibility index (Phi) is 5.49. The summed E-state index contributed by atoms with van der Waals surface area (Å²) in [6.45, 7) is 4.08. The fourth-order valence-corrected chi connectivity index (χ4v) is 1.90. The largest absolute Gasteiger partial charge is 0.466 e. The van der Waals surface area contributed by atoms with E-state index in [1.807, 2.05) is 26.0 Å². The van der Waals surface area contributed by atoms with E-state index in [0.717, 1.165) is 29.8 Å². The Morgan fingerprint density at radius 2 is 2.22 bits per heavy atom. The number of rotatable bonds is 4. The molecule has 4 nitrogen and oxygen atoms in total. The van der Waals surface area contributed by atoms with Crippen LogP contribution in [0.3, 0.4) is 0 Å². The zero-order valence-electron chi connectivity index (χ0n) is 11.1. The lowest BCUT2D eigenvalue weighted by atomic mass is 9.88. The van der Waals surface area contributed by atoms with Gasteiger partial charge in [0.25, 0.3) is 0 Å². The molecular weight excluding hydrogens is 228 g/mol. The minimum atomic E-state index is -0.104. The molecule has 0 aromatic heterocycles. The van der Waals surface area contributed by atoms with Crippen LogP contribution in [-0.4, -0.2) is 12.6 Å². The summed E-state index contributed by atoms with van der Waals surface area (Å²) in [6.07, 6.45) is 7.93. The van der Waals surface area contributed by atoms with Crippen molar-refractivity contribution in [2.75, 3.05) is 6.61 Å². The van der Waals surface area contributed by atoms with E-state index in [1.165, 1.54) is 0 Å². The third-order valence-corrected chi connectivity index (χ3v) is 2.93. The number of carbonyl (C=O) groups excluding carboxylic acids is 1. The molecule has 18 heavy (non-hydrogen) atoms. The molecule has 1 aliphatic rings. The first-order valence-corrected chi connectivity index (χ1v) is 6.30. The molecule has 1 unspecified atom stereocenters. The van der Waals surface area contributed by atoms with Crippen molar-refractivity contribution in [3.8, 4) is 0 Å². The third-order valence-electron chi connectivity index (χ3n) is 2.93. The number of nitrogens with two attached hydrogens (primary N) is 2. The van der Waals surface area contributed by atoms with Crippen LogP contribution in [0.25, 0.3) is 0 Å². The Bertz CT molecular complexity index is 391. The summed E-state index contributed by atoms with van der Waals surface area (Å²) in [5.41, 5.74) is 14.0. The van der Waals surface area contributed by atoms with Crippen molar-refractivity contribution in [2.45, 2.75) is 33.1 Å². The van der Waals surface area contributed by atoms with E-state index < -0.39 is 0 Å². The van der Waals surface area contributed by atoms with Gasteiger partial charge in [-0.3, -0.25) is 4.79 Å². The quantitative estimate of drug-likeness (QED) is 0.590. The van der Waals surface area contributed by atoms with Crippen molar-refractivity contribution in [1.82, 2.24) is 0 Å². The Balaban J connectivity index is 2.61. The highest BCUT2D eigenvalue weighted by Crippen LogP contribution is 2.27. The summed E-state index contributed by atoms with van der Waals surface area (Å²) in [5.74, 6) is -0.124. The summed E-state index contributed by atoms with van der Waals surface area (Å²) in [4.78, 5) is 11.6. The SMILES string of the molecule is CCOC(=O)C1CC=C(/C(N)=C/C=C(/C)N)CC1. The fraction of sp³-hybridized carbons (Fsp3) is 0.500. The molecule has 0 aliphatic heterocycles. The number of esters is 1. The van der Waals surface area contributed by atoms with E-state index in [-0.39, 0.29) is 11.9 Å². The maximum Gasteiger partial charge on any atom is 0.309 e. The molecule has 100 valence electrons. The maximum absolute atomic E-state index is 11.6. The smallest absolute Gasteiger partial charge is 0.309 e. The van der Waals surface area contributed by atoms with Crippen molar-refractivity contribution in [3.05, 3.63) is 35.2 Å². The van der Waals surface area contributed by atoms with Crippen LogP contribution >= 0.6 is 0 Å². The summed E-state index contributed by atoms with van der Waals surface area (Å²) in [6, 6.07) is 0. The van der Waals surface area contributed by atoms with Crippen LogP contribution < -0.4 is 11.5 Å². The monoisotopic (exact) mass is 250 g/mol. The highest BCUT2D eigenvalue weighted by atomic mass is 16.5. The second-order valence-corrected chi connectivity index (χ2v) is 4.49. The summed E-state index contributed by atoms with van der Waals surface area (Å²) in [5, 5.41) is 0. The summed E-state index contributed by atoms with van der Waals surface area (Å²) >= 11 is 0. The maximum atomic E-state index is 11.6. The van der Waals surface area contributed by atoms with Gasteiger partial charge in [0.1, 0.15) is 0 Å². The molecule has 0 saturated carbocycles. The predicted octanol–water partition coefficient (Wildman–Crippen LogP) is 1.98. The lowest BCUT2D eigenvalue weighted by Gasteiger charge is -2.20. The first kappa shape index (κ1) is 14.4. The van der Waals surface area contributed by atoms with Crippen LogP contribution in [0.5, 0.6) is 0 Å². The molecule has 0 amide bonds. The fourth-order valence-electron chi connectivity index (χ4n) is 1.90.